The fourth-order valence-corrected chi connectivity index (χ4v) is 4.64. The monoisotopic (exact) mass is 436 g/mol. The van der Waals surface area contributed by atoms with Gasteiger partial charge in [-0.05, 0) is 48.5 Å². The fraction of sp³-hybridized carbons (Fsp3) is 0. The van der Waals surface area contributed by atoms with Crippen molar-refractivity contribution >= 4 is 50.5 Å². The molecule has 3 aromatic rings. The molecule has 144 valence electrons. The van der Waals surface area contributed by atoms with Crippen LogP contribution in [0, 0.1) is 0 Å². The maximum absolute atomic E-state index is 12.6. The Morgan fingerprint density at radius 2 is 1.39 bits per heavy atom. The van der Waals surface area contributed by atoms with Crippen molar-refractivity contribution in [3.8, 4) is 5.75 Å². The molecule has 0 atom stereocenters. The average Bonchev–Trinajstić information content (AvgIpc) is 2.63. The van der Waals surface area contributed by atoms with E-state index in [1.165, 1.54) is 48.5 Å². The van der Waals surface area contributed by atoms with E-state index in [0.29, 0.717) is 5.69 Å². The number of benzene rings is 3. The van der Waals surface area contributed by atoms with E-state index in [9.17, 15) is 18.3 Å². The largest absolute Gasteiger partial charge is 0.507 e. The maximum atomic E-state index is 12.6. The van der Waals surface area contributed by atoms with Crippen molar-refractivity contribution in [1.82, 2.24) is 0 Å². The van der Waals surface area contributed by atoms with Gasteiger partial charge in [-0.15, -0.1) is 0 Å². The number of hydrogen-bond acceptors (Lipinski definition) is 4. The van der Waals surface area contributed by atoms with Crippen molar-refractivity contribution in [2.24, 2.45) is 0 Å². The lowest BCUT2D eigenvalue weighted by Crippen LogP contribution is -2.14. The van der Waals surface area contributed by atoms with Crippen LogP contribution in [0.4, 0.5) is 11.4 Å². The van der Waals surface area contributed by atoms with Crippen molar-refractivity contribution < 1.29 is 18.3 Å². The highest BCUT2D eigenvalue weighted by Crippen LogP contribution is 2.30. The van der Waals surface area contributed by atoms with E-state index >= 15 is 0 Å². The molecule has 0 heterocycles. The van der Waals surface area contributed by atoms with Crippen LogP contribution in [0.5, 0.6) is 5.75 Å². The Morgan fingerprint density at radius 1 is 0.821 bits per heavy atom. The SMILES string of the molecule is O=C(Nc1ccc(NS(=O)(=O)c2c(Cl)cccc2Cl)cc1)c1ccccc1O. The first-order valence-electron chi connectivity index (χ1n) is 7.94. The van der Waals surface area contributed by atoms with Crippen LogP contribution in [-0.4, -0.2) is 19.4 Å². The standard InChI is InChI=1S/C19H14Cl2N2O4S/c20-15-5-3-6-16(21)18(15)28(26,27)23-13-10-8-12(9-11-13)22-19(25)14-4-1-2-7-17(14)24/h1-11,23-24H,(H,22,25). The molecule has 3 aromatic carbocycles. The number of nitrogens with one attached hydrogen (secondary N) is 2. The molecule has 3 N–H and O–H groups in total. The third kappa shape index (κ3) is 4.39. The van der Waals surface area contributed by atoms with E-state index in [4.69, 9.17) is 23.2 Å². The minimum Gasteiger partial charge on any atom is -0.507 e. The van der Waals surface area contributed by atoms with Crippen molar-refractivity contribution in [3.05, 3.63) is 82.3 Å². The van der Waals surface area contributed by atoms with Crippen molar-refractivity contribution in [1.29, 1.82) is 0 Å². The average molecular weight is 437 g/mol. The van der Waals surface area contributed by atoms with Gasteiger partial charge in [-0.1, -0.05) is 41.4 Å². The smallest absolute Gasteiger partial charge is 0.264 e. The highest BCUT2D eigenvalue weighted by atomic mass is 35.5. The van der Waals surface area contributed by atoms with E-state index in [0.717, 1.165) is 0 Å². The van der Waals surface area contributed by atoms with Gasteiger partial charge in [-0.2, -0.15) is 0 Å². The molecule has 0 aliphatic carbocycles. The lowest BCUT2D eigenvalue weighted by molar-refractivity contribution is 0.102. The van der Waals surface area contributed by atoms with Gasteiger partial charge in [0.1, 0.15) is 10.6 Å². The number of rotatable bonds is 5. The van der Waals surface area contributed by atoms with E-state index in [-0.39, 0.29) is 31.9 Å². The van der Waals surface area contributed by atoms with E-state index in [1.54, 1.807) is 18.2 Å². The highest BCUT2D eigenvalue weighted by Gasteiger charge is 2.21. The van der Waals surface area contributed by atoms with Crippen LogP contribution in [0.15, 0.2) is 71.6 Å². The number of halogens is 2. The lowest BCUT2D eigenvalue weighted by Gasteiger charge is -2.12. The minimum absolute atomic E-state index is 0.00607. The zero-order valence-corrected chi connectivity index (χ0v) is 16.5. The molecule has 3 rings (SSSR count). The van der Waals surface area contributed by atoms with Gasteiger partial charge in [-0.3, -0.25) is 9.52 Å². The summed E-state index contributed by atoms with van der Waals surface area (Å²) in [6.07, 6.45) is 0. The van der Waals surface area contributed by atoms with Crippen LogP contribution in [0.2, 0.25) is 10.0 Å². The molecule has 1 amide bonds. The predicted octanol–water partition coefficient (Wildman–Crippen LogP) is 4.75. The molecule has 0 bridgehead atoms. The van der Waals surface area contributed by atoms with E-state index in [2.05, 4.69) is 10.0 Å². The second-order valence-corrected chi connectivity index (χ2v) is 8.14. The summed E-state index contributed by atoms with van der Waals surface area (Å²) in [5.41, 5.74) is 0.809. The Bertz CT molecular complexity index is 1110. The Hall–Kier alpha value is -2.74. The second kappa shape index (κ2) is 8.10. The summed E-state index contributed by atoms with van der Waals surface area (Å²) in [6.45, 7) is 0. The Labute approximate surface area is 171 Å². The molecule has 0 aromatic heterocycles. The number of carbonyl (C=O) groups excluding carboxylic acids is 1. The van der Waals surface area contributed by atoms with Gasteiger partial charge >= 0.3 is 0 Å². The van der Waals surface area contributed by atoms with Gasteiger partial charge in [0.05, 0.1) is 15.6 Å². The van der Waals surface area contributed by atoms with Gasteiger partial charge in [0.15, 0.2) is 0 Å². The number of carbonyl (C=O) groups is 1. The number of phenolic OH excluding ortho intramolecular Hbond substituents is 1. The van der Waals surface area contributed by atoms with E-state index in [1.807, 2.05) is 0 Å². The summed E-state index contributed by atoms with van der Waals surface area (Å²) in [6, 6.07) is 16.5. The Morgan fingerprint density at radius 3 is 2.00 bits per heavy atom. The fourth-order valence-electron chi connectivity index (χ4n) is 2.43. The number of amides is 1. The molecule has 0 aliphatic heterocycles. The first-order chi connectivity index (χ1) is 13.3. The third-order valence-corrected chi connectivity index (χ3v) is 6.07. The van der Waals surface area contributed by atoms with Crippen molar-refractivity contribution in [2.75, 3.05) is 10.0 Å². The van der Waals surface area contributed by atoms with Crippen LogP contribution in [-0.2, 0) is 10.0 Å². The van der Waals surface area contributed by atoms with Crippen LogP contribution < -0.4 is 10.0 Å². The number of aromatic hydroxyl groups is 1. The first-order valence-corrected chi connectivity index (χ1v) is 10.2. The molecular formula is C19H14Cl2N2O4S. The molecule has 6 nitrogen and oxygen atoms in total. The minimum atomic E-state index is -3.99. The summed E-state index contributed by atoms with van der Waals surface area (Å²) < 4.78 is 27.5. The summed E-state index contributed by atoms with van der Waals surface area (Å²) in [5, 5.41) is 12.4. The Kier molecular flexibility index (Phi) is 5.79. The van der Waals surface area contributed by atoms with Gasteiger partial charge in [0, 0.05) is 11.4 Å². The maximum Gasteiger partial charge on any atom is 0.264 e. The molecular weight excluding hydrogens is 423 g/mol. The molecule has 0 fully saturated rings. The van der Waals surface area contributed by atoms with Crippen LogP contribution in [0.3, 0.4) is 0 Å². The number of phenols is 1. The summed E-state index contributed by atoms with van der Waals surface area (Å²) >= 11 is 11.9. The molecule has 28 heavy (non-hydrogen) atoms. The molecule has 0 unspecified atom stereocenters. The number of sulfonamides is 1. The number of anilines is 2. The predicted molar refractivity (Wildman–Crippen MR) is 110 cm³/mol. The molecule has 0 radical (unpaired) electrons. The zero-order valence-electron chi connectivity index (χ0n) is 14.2. The van der Waals surface area contributed by atoms with Crippen molar-refractivity contribution in [3.63, 3.8) is 0 Å². The molecule has 0 aliphatic rings. The molecule has 0 spiro atoms. The van der Waals surface area contributed by atoms with Crippen LogP contribution in [0.1, 0.15) is 10.4 Å². The van der Waals surface area contributed by atoms with E-state index < -0.39 is 15.9 Å². The second-order valence-electron chi connectivity index (χ2n) is 5.70. The first kappa shape index (κ1) is 20.0. The third-order valence-electron chi connectivity index (χ3n) is 3.73. The lowest BCUT2D eigenvalue weighted by atomic mass is 10.2. The van der Waals surface area contributed by atoms with Gasteiger partial charge in [0.2, 0.25) is 0 Å². The van der Waals surface area contributed by atoms with Gasteiger partial charge in [0.25, 0.3) is 15.9 Å². The van der Waals surface area contributed by atoms with Gasteiger partial charge in [-0.25, -0.2) is 8.42 Å². The van der Waals surface area contributed by atoms with Gasteiger partial charge < -0.3 is 10.4 Å². The normalized spacial score (nSPS) is 11.1. The summed E-state index contributed by atoms with van der Waals surface area (Å²) in [5.74, 6) is -0.629. The van der Waals surface area contributed by atoms with Crippen LogP contribution >= 0.6 is 23.2 Å². The zero-order chi connectivity index (χ0) is 20.3. The molecule has 0 saturated carbocycles. The number of hydrogen-bond donors (Lipinski definition) is 3. The summed E-state index contributed by atoms with van der Waals surface area (Å²) in [7, 11) is -3.99. The number of para-hydroxylation sites is 1. The topological polar surface area (TPSA) is 95.5 Å². The summed E-state index contributed by atoms with van der Waals surface area (Å²) in [4.78, 5) is 12.0. The quantitative estimate of drug-likeness (QED) is 0.537. The highest BCUT2D eigenvalue weighted by molar-refractivity contribution is 7.93. The van der Waals surface area contributed by atoms with Crippen LogP contribution in [0.25, 0.3) is 0 Å². The van der Waals surface area contributed by atoms with Crippen molar-refractivity contribution in [2.45, 2.75) is 4.90 Å². The molecule has 0 saturated heterocycles. The Balaban J connectivity index is 1.76. The molecule has 9 heteroatoms.